The Kier molecular flexibility index (Phi) is 3.28. The Hall–Kier alpha value is -1.62. The third kappa shape index (κ3) is 2.39. The number of aromatic amines is 1. The molecule has 90 valence electrons. The summed E-state index contributed by atoms with van der Waals surface area (Å²) >= 11 is 1.64. The molecule has 0 aliphatic heterocycles. The molecule has 5 heteroatoms. The van der Waals surface area contributed by atoms with Gasteiger partial charge in [0.05, 0.1) is 11.3 Å². The first kappa shape index (κ1) is 11.9. The van der Waals surface area contributed by atoms with Gasteiger partial charge in [0.2, 0.25) is 0 Å². The molecule has 4 nitrogen and oxygen atoms in total. The van der Waals surface area contributed by atoms with Gasteiger partial charge in [-0.3, -0.25) is 9.89 Å². The standard InChI is InChI=1S/C12H15N3OS/c1-8-11(9(2)14-13-8)12(16)15(3)6-10-4-5-17-7-10/h4-5,7H,6H2,1-3H3,(H,13,14). The second kappa shape index (κ2) is 4.71. The molecule has 1 amide bonds. The van der Waals surface area contributed by atoms with E-state index in [9.17, 15) is 4.79 Å². The van der Waals surface area contributed by atoms with Gasteiger partial charge in [-0.25, -0.2) is 0 Å². The number of hydrogen-bond acceptors (Lipinski definition) is 3. The molecule has 0 radical (unpaired) electrons. The molecule has 1 N–H and O–H groups in total. The SMILES string of the molecule is Cc1n[nH]c(C)c1C(=O)N(C)Cc1ccsc1. The Labute approximate surface area is 104 Å². The number of amides is 1. The highest BCUT2D eigenvalue weighted by molar-refractivity contribution is 7.07. The molecular weight excluding hydrogens is 234 g/mol. The molecule has 17 heavy (non-hydrogen) atoms. The number of aryl methyl sites for hydroxylation is 2. The van der Waals surface area contributed by atoms with Crippen LogP contribution in [0.5, 0.6) is 0 Å². The van der Waals surface area contributed by atoms with Crippen molar-refractivity contribution in [2.75, 3.05) is 7.05 Å². The van der Waals surface area contributed by atoms with Crippen LogP contribution in [-0.4, -0.2) is 28.1 Å². The molecular formula is C12H15N3OS. The summed E-state index contributed by atoms with van der Waals surface area (Å²) in [5.41, 5.74) is 3.42. The van der Waals surface area contributed by atoms with Gasteiger partial charge < -0.3 is 4.90 Å². The summed E-state index contributed by atoms with van der Waals surface area (Å²) < 4.78 is 0. The van der Waals surface area contributed by atoms with E-state index in [4.69, 9.17) is 0 Å². The maximum Gasteiger partial charge on any atom is 0.257 e. The molecule has 0 atom stereocenters. The van der Waals surface area contributed by atoms with Gasteiger partial charge in [-0.1, -0.05) is 0 Å². The minimum absolute atomic E-state index is 0.0138. The molecule has 0 saturated carbocycles. The molecule has 2 heterocycles. The van der Waals surface area contributed by atoms with Crippen LogP contribution in [0.15, 0.2) is 16.8 Å². The highest BCUT2D eigenvalue weighted by Gasteiger charge is 2.19. The van der Waals surface area contributed by atoms with Crippen molar-refractivity contribution in [3.63, 3.8) is 0 Å². The maximum absolute atomic E-state index is 12.2. The van der Waals surface area contributed by atoms with Gasteiger partial charge in [-0.2, -0.15) is 16.4 Å². The summed E-state index contributed by atoms with van der Waals surface area (Å²) in [6.07, 6.45) is 0. The van der Waals surface area contributed by atoms with Crippen molar-refractivity contribution >= 4 is 17.2 Å². The van der Waals surface area contributed by atoms with E-state index in [2.05, 4.69) is 15.6 Å². The quantitative estimate of drug-likeness (QED) is 0.907. The average Bonchev–Trinajstić information content (AvgIpc) is 2.89. The average molecular weight is 249 g/mol. The molecule has 0 saturated heterocycles. The van der Waals surface area contributed by atoms with Crippen LogP contribution >= 0.6 is 11.3 Å². The van der Waals surface area contributed by atoms with E-state index in [1.165, 1.54) is 0 Å². The summed E-state index contributed by atoms with van der Waals surface area (Å²) in [6, 6.07) is 2.03. The van der Waals surface area contributed by atoms with E-state index in [-0.39, 0.29) is 5.91 Å². The van der Waals surface area contributed by atoms with E-state index < -0.39 is 0 Å². The Morgan fingerprint density at radius 1 is 1.53 bits per heavy atom. The number of rotatable bonds is 3. The van der Waals surface area contributed by atoms with Gasteiger partial charge in [0.15, 0.2) is 0 Å². The third-order valence-electron chi connectivity index (χ3n) is 2.69. The second-order valence-electron chi connectivity index (χ2n) is 4.10. The van der Waals surface area contributed by atoms with E-state index in [0.29, 0.717) is 12.1 Å². The Bertz CT molecular complexity index is 496. The summed E-state index contributed by atoms with van der Waals surface area (Å²) in [4.78, 5) is 14.0. The van der Waals surface area contributed by atoms with E-state index in [0.717, 1.165) is 17.0 Å². The minimum atomic E-state index is 0.0138. The number of carbonyl (C=O) groups is 1. The topological polar surface area (TPSA) is 49.0 Å². The summed E-state index contributed by atoms with van der Waals surface area (Å²) in [5, 5.41) is 11.0. The molecule has 0 aliphatic carbocycles. The molecule has 2 aromatic rings. The first-order valence-electron chi connectivity index (χ1n) is 5.37. The minimum Gasteiger partial charge on any atom is -0.337 e. The number of carbonyl (C=O) groups excluding carboxylic acids is 1. The van der Waals surface area contributed by atoms with Crippen molar-refractivity contribution in [3.05, 3.63) is 39.3 Å². The van der Waals surface area contributed by atoms with Crippen LogP contribution in [0.2, 0.25) is 0 Å². The van der Waals surface area contributed by atoms with Crippen molar-refractivity contribution in [3.8, 4) is 0 Å². The zero-order valence-electron chi connectivity index (χ0n) is 10.2. The normalized spacial score (nSPS) is 10.5. The number of H-pyrrole nitrogens is 1. The lowest BCUT2D eigenvalue weighted by molar-refractivity contribution is 0.0784. The number of nitrogens with zero attached hydrogens (tertiary/aromatic N) is 2. The lowest BCUT2D eigenvalue weighted by Crippen LogP contribution is -2.26. The van der Waals surface area contributed by atoms with Crippen LogP contribution in [0.3, 0.4) is 0 Å². The van der Waals surface area contributed by atoms with Crippen molar-refractivity contribution in [1.29, 1.82) is 0 Å². The summed E-state index contributed by atoms with van der Waals surface area (Å²) in [7, 11) is 1.81. The van der Waals surface area contributed by atoms with Crippen LogP contribution in [-0.2, 0) is 6.54 Å². The Morgan fingerprint density at radius 3 is 2.82 bits per heavy atom. The highest BCUT2D eigenvalue weighted by Crippen LogP contribution is 2.15. The molecule has 0 unspecified atom stereocenters. The summed E-state index contributed by atoms with van der Waals surface area (Å²) in [5.74, 6) is 0.0138. The largest absolute Gasteiger partial charge is 0.337 e. The number of aromatic nitrogens is 2. The molecule has 0 aliphatic rings. The Morgan fingerprint density at radius 2 is 2.29 bits per heavy atom. The van der Waals surface area contributed by atoms with E-state index in [1.54, 1.807) is 16.2 Å². The van der Waals surface area contributed by atoms with Crippen molar-refractivity contribution in [1.82, 2.24) is 15.1 Å². The lowest BCUT2D eigenvalue weighted by Gasteiger charge is -2.16. The summed E-state index contributed by atoms with van der Waals surface area (Å²) in [6.45, 7) is 4.34. The maximum atomic E-state index is 12.2. The van der Waals surface area contributed by atoms with Crippen LogP contribution < -0.4 is 0 Å². The molecule has 0 fully saturated rings. The lowest BCUT2D eigenvalue weighted by atomic mass is 10.1. The number of thiophene rings is 1. The molecule has 0 aromatic carbocycles. The zero-order valence-corrected chi connectivity index (χ0v) is 11.0. The van der Waals surface area contributed by atoms with Crippen molar-refractivity contribution in [2.24, 2.45) is 0 Å². The highest BCUT2D eigenvalue weighted by atomic mass is 32.1. The fourth-order valence-corrected chi connectivity index (χ4v) is 2.44. The fraction of sp³-hybridized carbons (Fsp3) is 0.333. The van der Waals surface area contributed by atoms with E-state index in [1.807, 2.05) is 32.3 Å². The van der Waals surface area contributed by atoms with E-state index >= 15 is 0 Å². The molecule has 2 aromatic heterocycles. The van der Waals surface area contributed by atoms with Gasteiger partial charge in [0.25, 0.3) is 5.91 Å². The molecule has 0 spiro atoms. The van der Waals surface area contributed by atoms with Gasteiger partial charge in [-0.05, 0) is 36.2 Å². The van der Waals surface area contributed by atoms with Crippen LogP contribution in [0.4, 0.5) is 0 Å². The number of hydrogen-bond donors (Lipinski definition) is 1. The second-order valence-corrected chi connectivity index (χ2v) is 4.88. The van der Waals surface area contributed by atoms with Crippen LogP contribution in [0.1, 0.15) is 27.3 Å². The van der Waals surface area contributed by atoms with Crippen molar-refractivity contribution < 1.29 is 4.79 Å². The van der Waals surface area contributed by atoms with Crippen LogP contribution in [0.25, 0.3) is 0 Å². The monoisotopic (exact) mass is 249 g/mol. The van der Waals surface area contributed by atoms with Crippen LogP contribution in [0, 0.1) is 13.8 Å². The molecule has 2 rings (SSSR count). The Balaban J connectivity index is 2.15. The first-order chi connectivity index (χ1) is 8.09. The number of nitrogens with one attached hydrogen (secondary N) is 1. The first-order valence-corrected chi connectivity index (χ1v) is 6.32. The third-order valence-corrected chi connectivity index (χ3v) is 3.42. The smallest absolute Gasteiger partial charge is 0.257 e. The van der Waals surface area contributed by atoms with Gasteiger partial charge >= 0.3 is 0 Å². The molecule has 0 bridgehead atoms. The fourth-order valence-electron chi connectivity index (χ4n) is 1.79. The van der Waals surface area contributed by atoms with Gasteiger partial charge in [-0.15, -0.1) is 0 Å². The predicted octanol–water partition coefficient (Wildman–Crippen LogP) is 2.36. The zero-order chi connectivity index (χ0) is 12.4. The van der Waals surface area contributed by atoms with Gasteiger partial charge in [0, 0.05) is 19.3 Å². The van der Waals surface area contributed by atoms with Gasteiger partial charge in [0.1, 0.15) is 0 Å². The van der Waals surface area contributed by atoms with Crippen molar-refractivity contribution in [2.45, 2.75) is 20.4 Å². The predicted molar refractivity (Wildman–Crippen MR) is 68.2 cm³/mol.